The van der Waals surface area contributed by atoms with Gasteiger partial charge in [-0.3, -0.25) is 4.79 Å². The summed E-state index contributed by atoms with van der Waals surface area (Å²) in [6, 6.07) is 0. The molecule has 0 aromatic rings. The number of hydrogen-bond acceptors (Lipinski definition) is 2. The van der Waals surface area contributed by atoms with Gasteiger partial charge in [-0.2, -0.15) is 5.48 Å². The molecule has 0 rings (SSSR count). The van der Waals surface area contributed by atoms with E-state index in [0.717, 1.165) is 0 Å². The molecule has 0 radical (unpaired) electrons. The van der Waals surface area contributed by atoms with Crippen molar-refractivity contribution >= 4 is 5.91 Å². The van der Waals surface area contributed by atoms with Gasteiger partial charge < -0.3 is 4.84 Å². The second-order valence-corrected chi connectivity index (χ2v) is 1.46. The van der Waals surface area contributed by atoms with Crippen LogP contribution in [0.2, 0.25) is 0 Å². The fraction of sp³-hybridized carbons (Fsp3) is 0.400. The third-order valence-corrected chi connectivity index (χ3v) is 0.369. The quantitative estimate of drug-likeness (QED) is 0.422. The van der Waals surface area contributed by atoms with Gasteiger partial charge in [0, 0.05) is 6.92 Å². The van der Waals surface area contributed by atoms with E-state index in [1.807, 2.05) is 0 Å². The summed E-state index contributed by atoms with van der Waals surface area (Å²) in [5.74, 6) is 0.244. The molecule has 0 fully saturated rings. The van der Waals surface area contributed by atoms with E-state index in [1.54, 1.807) is 6.92 Å². The molecule has 0 atom stereocenters. The van der Waals surface area contributed by atoms with Crippen molar-refractivity contribution in [2.75, 3.05) is 0 Å². The van der Waals surface area contributed by atoms with E-state index in [2.05, 4.69) is 16.9 Å². The molecule has 8 heavy (non-hydrogen) atoms. The van der Waals surface area contributed by atoms with Crippen LogP contribution in [-0.2, 0) is 9.63 Å². The first-order valence-corrected chi connectivity index (χ1v) is 2.22. The zero-order valence-electron chi connectivity index (χ0n) is 5.02. The minimum absolute atomic E-state index is 0.229. The van der Waals surface area contributed by atoms with Gasteiger partial charge in [0.2, 0.25) is 5.91 Å². The Labute approximate surface area is 48.3 Å². The van der Waals surface area contributed by atoms with Gasteiger partial charge in [0.1, 0.15) is 5.76 Å². The third kappa shape index (κ3) is 5.01. The van der Waals surface area contributed by atoms with Crippen molar-refractivity contribution in [1.29, 1.82) is 0 Å². The van der Waals surface area contributed by atoms with Gasteiger partial charge in [0.25, 0.3) is 0 Å². The van der Waals surface area contributed by atoms with E-state index >= 15 is 0 Å². The summed E-state index contributed by atoms with van der Waals surface area (Å²) in [5, 5.41) is 0. The molecule has 1 N–H and O–H groups in total. The highest BCUT2D eigenvalue weighted by Gasteiger charge is 1.86. The molecule has 0 aromatic heterocycles. The lowest BCUT2D eigenvalue weighted by molar-refractivity contribution is -0.128. The average molecular weight is 115 g/mol. The number of amides is 1. The summed E-state index contributed by atoms with van der Waals surface area (Å²) >= 11 is 0. The van der Waals surface area contributed by atoms with Crippen molar-refractivity contribution in [3.05, 3.63) is 12.3 Å². The molecule has 0 aliphatic rings. The molecule has 0 aromatic carbocycles. The summed E-state index contributed by atoms with van der Waals surface area (Å²) in [5.41, 5.74) is 2.11. The molecular formula is C5H9NO2. The van der Waals surface area contributed by atoms with Crippen LogP contribution < -0.4 is 5.48 Å². The number of nitrogens with one attached hydrogen (secondary N) is 1. The molecule has 0 spiro atoms. The normalized spacial score (nSPS) is 7.75. The van der Waals surface area contributed by atoms with Gasteiger partial charge >= 0.3 is 0 Å². The first kappa shape index (κ1) is 7.01. The van der Waals surface area contributed by atoms with Crippen LogP contribution in [0.15, 0.2) is 12.3 Å². The van der Waals surface area contributed by atoms with Gasteiger partial charge in [-0.15, -0.1) is 0 Å². The number of hydrogen-bond donors (Lipinski definition) is 1. The van der Waals surface area contributed by atoms with Crippen molar-refractivity contribution in [2.45, 2.75) is 13.8 Å². The maximum absolute atomic E-state index is 10.1. The molecule has 46 valence electrons. The largest absolute Gasteiger partial charge is 0.385 e. The highest BCUT2D eigenvalue weighted by atomic mass is 16.7. The highest BCUT2D eigenvalue weighted by molar-refractivity contribution is 5.71. The molecule has 0 saturated carbocycles. The zero-order valence-corrected chi connectivity index (χ0v) is 5.02. The Morgan fingerprint density at radius 2 is 2.12 bits per heavy atom. The Bertz CT molecular complexity index is 95.0. The number of rotatable bonds is 2. The molecule has 0 heterocycles. The molecular weight excluding hydrogens is 106 g/mol. The van der Waals surface area contributed by atoms with Gasteiger partial charge in [0.15, 0.2) is 0 Å². The molecule has 0 unspecified atom stereocenters. The third-order valence-electron chi connectivity index (χ3n) is 0.369. The smallest absolute Gasteiger partial charge is 0.249 e. The maximum Gasteiger partial charge on any atom is 0.249 e. The first-order chi connectivity index (χ1) is 3.63. The predicted molar refractivity (Wildman–Crippen MR) is 29.7 cm³/mol. The first-order valence-electron chi connectivity index (χ1n) is 2.22. The molecule has 3 nitrogen and oxygen atoms in total. The van der Waals surface area contributed by atoms with Crippen molar-refractivity contribution in [2.24, 2.45) is 0 Å². The number of carbonyl (C=O) groups is 1. The molecule has 0 aliphatic carbocycles. The maximum atomic E-state index is 10.1. The lowest BCUT2D eigenvalue weighted by Crippen LogP contribution is -2.18. The standard InChI is InChI=1S/C5H9NO2/c1-4(2)8-6-5(3)7/h1H2,2-3H3,(H,6,7). The highest BCUT2D eigenvalue weighted by Crippen LogP contribution is 1.82. The van der Waals surface area contributed by atoms with Crippen LogP contribution in [0.25, 0.3) is 0 Å². The van der Waals surface area contributed by atoms with Crippen molar-refractivity contribution in [3.8, 4) is 0 Å². The Morgan fingerprint density at radius 3 is 2.25 bits per heavy atom. The Hall–Kier alpha value is -0.990. The molecule has 0 saturated heterocycles. The summed E-state index contributed by atoms with van der Waals surface area (Å²) in [6.45, 7) is 6.40. The Morgan fingerprint density at radius 1 is 1.62 bits per heavy atom. The SMILES string of the molecule is C=C(C)ONC(C)=O. The van der Waals surface area contributed by atoms with E-state index in [-0.39, 0.29) is 5.91 Å². The summed E-state index contributed by atoms with van der Waals surface area (Å²) < 4.78 is 0. The van der Waals surface area contributed by atoms with E-state index in [4.69, 9.17) is 0 Å². The van der Waals surface area contributed by atoms with Crippen LogP contribution in [-0.4, -0.2) is 5.91 Å². The van der Waals surface area contributed by atoms with Gasteiger partial charge in [0.05, 0.1) is 0 Å². The fourth-order valence-corrected chi connectivity index (χ4v) is 0.159. The van der Waals surface area contributed by atoms with Crippen LogP contribution >= 0.6 is 0 Å². The minimum Gasteiger partial charge on any atom is -0.385 e. The average Bonchev–Trinajstić information content (AvgIpc) is 1.61. The summed E-state index contributed by atoms with van der Waals surface area (Å²) in [6.07, 6.45) is 0. The predicted octanol–water partition coefficient (Wildman–Crippen LogP) is 0.588. The molecule has 0 bridgehead atoms. The Kier molecular flexibility index (Phi) is 2.69. The van der Waals surface area contributed by atoms with Crippen LogP contribution in [0.1, 0.15) is 13.8 Å². The summed E-state index contributed by atoms with van der Waals surface area (Å²) in [7, 11) is 0. The minimum atomic E-state index is -0.229. The topological polar surface area (TPSA) is 38.3 Å². The number of carbonyl (C=O) groups excluding carboxylic acids is 1. The van der Waals surface area contributed by atoms with Crippen LogP contribution in [0.3, 0.4) is 0 Å². The number of hydroxylamine groups is 1. The summed E-state index contributed by atoms with van der Waals surface area (Å²) in [4.78, 5) is 14.6. The lowest BCUT2D eigenvalue weighted by atomic mass is 10.7. The Balaban J connectivity index is 3.18. The van der Waals surface area contributed by atoms with E-state index in [1.165, 1.54) is 6.92 Å². The molecule has 1 amide bonds. The second-order valence-electron chi connectivity index (χ2n) is 1.46. The van der Waals surface area contributed by atoms with Crippen LogP contribution in [0.5, 0.6) is 0 Å². The van der Waals surface area contributed by atoms with Crippen molar-refractivity contribution in [3.63, 3.8) is 0 Å². The zero-order chi connectivity index (χ0) is 6.57. The van der Waals surface area contributed by atoms with Crippen LogP contribution in [0.4, 0.5) is 0 Å². The molecule has 3 heteroatoms. The van der Waals surface area contributed by atoms with E-state index in [0.29, 0.717) is 5.76 Å². The van der Waals surface area contributed by atoms with Crippen LogP contribution in [0, 0.1) is 0 Å². The van der Waals surface area contributed by atoms with Crippen molar-refractivity contribution in [1.82, 2.24) is 5.48 Å². The van der Waals surface area contributed by atoms with Gasteiger partial charge in [-0.05, 0) is 6.92 Å². The van der Waals surface area contributed by atoms with E-state index in [9.17, 15) is 4.79 Å². The second kappa shape index (κ2) is 3.07. The van der Waals surface area contributed by atoms with Gasteiger partial charge in [-0.25, -0.2) is 0 Å². The molecule has 0 aliphatic heterocycles. The van der Waals surface area contributed by atoms with Crippen molar-refractivity contribution < 1.29 is 9.63 Å². The fourth-order valence-electron chi connectivity index (χ4n) is 0.159. The van der Waals surface area contributed by atoms with E-state index < -0.39 is 0 Å². The number of allylic oxidation sites excluding steroid dienone is 1. The monoisotopic (exact) mass is 115 g/mol. The lowest BCUT2D eigenvalue weighted by Gasteiger charge is -2.00. The van der Waals surface area contributed by atoms with Gasteiger partial charge in [-0.1, -0.05) is 6.58 Å².